The maximum absolute atomic E-state index is 10.1. The van der Waals surface area contributed by atoms with Crippen molar-refractivity contribution in [2.45, 2.75) is 36.7 Å². The van der Waals surface area contributed by atoms with E-state index < -0.39 is 5.60 Å². The fraction of sp³-hybridized carbons (Fsp3) is 0.571. The molecule has 3 nitrogen and oxygen atoms in total. The van der Waals surface area contributed by atoms with E-state index in [-0.39, 0.29) is 0 Å². The van der Waals surface area contributed by atoms with E-state index in [0.29, 0.717) is 13.0 Å². The molecule has 1 rings (SSSR count). The van der Waals surface area contributed by atoms with Gasteiger partial charge in [0.05, 0.1) is 12.7 Å². The van der Waals surface area contributed by atoms with E-state index in [1.807, 2.05) is 25.1 Å². The van der Waals surface area contributed by atoms with Gasteiger partial charge in [0.25, 0.3) is 0 Å². The van der Waals surface area contributed by atoms with Crippen molar-refractivity contribution in [1.82, 2.24) is 0 Å². The summed E-state index contributed by atoms with van der Waals surface area (Å²) in [6.45, 7) is 2.31. The van der Waals surface area contributed by atoms with Crippen LogP contribution in [0.25, 0.3) is 0 Å². The Morgan fingerprint density at radius 3 is 2.83 bits per heavy atom. The van der Waals surface area contributed by atoms with Gasteiger partial charge in [0.15, 0.2) is 0 Å². The maximum Gasteiger partial charge on any atom is 0.119 e. The molecule has 1 atom stereocenters. The first-order valence-electron chi connectivity index (χ1n) is 6.33. The van der Waals surface area contributed by atoms with Crippen LogP contribution in [-0.4, -0.2) is 30.1 Å². The average molecular weight is 269 g/mol. The average Bonchev–Trinajstić information content (AvgIpc) is 2.43. The maximum atomic E-state index is 10.1. The molecule has 4 heteroatoms. The van der Waals surface area contributed by atoms with Gasteiger partial charge < -0.3 is 15.6 Å². The van der Waals surface area contributed by atoms with E-state index in [9.17, 15) is 5.11 Å². The van der Waals surface area contributed by atoms with Gasteiger partial charge in [0.2, 0.25) is 0 Å². The van der Waals surface area contributed by atoms with Gasteiger partial charge in [-0.25, -0.2) is 0 Å². The van der Waals surface area contributed by atoms with Crippen LogP contribution in [0.15, 0.2) is 29.2 Å². The molecule has 0 amide bonds. The summed E-state index contributed by atoms with van der Waals surface area (Å²) in [5, 5.41) is 10.1. The van der Waals surface area contributed by atoms with Crippen LogP contribution >= 0.6 is 11.8 Å². The zero-order chi connectivity index (χ0) is 13.4. The highest BCUT2D eigenvalue weighted by atomic mass is 32.2. The molecule has 102 valence electrons. The lowest BCUT2D eigenvalue weighted by Crippen LogP contribution is -2.36. The molecule has 1 unspecified atom stereocenters. The molecule has 18 heavy (non-hydrogen) atoms. The molecule has 1 aromatic carbocycles. The normalized spacial score (nSPS) is 14.2. The minimum Gasteiger partial charge on any atom is -0.497 e. The minimum atomic E-state index is -0.686. The van der Waals surface area contributed by atoms with Crippen LogP contribution in [0, 0.1) is 0 Å². The van der Waals surface area contributed by atoms with Gasteiger partial charge >= 0.3 is 0 Å². The highest BCUT2D eigenvalue weighted by molar-refractivity contribution is 7.99. The van der Waals surface area contributed by atoms with E-state index in [0.717, 1.165) is 24.3 Å². The molecule has 0 aliphatic carbocycles. The first-order chi connectivity index (χ1) is 8.63. The molecule has 0 radical (unpaired) electrons. The third-order valence-electron chi connectivity index (χ3n) is 3.13. The van der Waals surface area contributed by atoms with Crippen molar-refractivity contribution >= 4 is 11.8 Å². The molecule has 3 N–H and O–H groups in total. The molecular weight excluding hydrogens is 246 g/mol. The lowest BCUT2D eigenvalue weighted by molar-refractivity contribution is 0.0360. The number of nitrogens with two attached hydrogens (primary N) is 1. The quantitative estimate of drug-likeness (QED) is 0.563. The molecular formula is C14H23NO2S. The third-order valence-corrected chi connectivity index (χ3v) is 4.21. The number of ether oxygens (including phenoxy) is 1. The number of methoxy groups -OCH3 is 1. The summed E-state index contributed by atoms with van der Waals surface area (Å²) in [4.78, 5) is 1.20. The fourth-order valence-electron chi connectivity index (χ4n) is 1.71. The molecule has 0 aliphatic heterocycles. The lowest BCUT2D eigenvalue weighted by Gasteiger charge is -2.24. The summed E-state index contributed by atoms with van der Waals surface area (Å²) in [6, 6.07) is 8.03. The predicted molar refractivity (Wildman–Crippen MR) is 77.2 cm³/mol. The molecule has 0 fully saturated rings. The molecule has 0 spiro atoms. The number of rotatable bonds is 8. The van der Waals surface area contributed by atoms with Crippen molar-refractivity contribution < 1.29 is 9.84 Å². The van der Waals surface area contributed by atoms with Crippen molar-refractivity contribution in [3.8, 4) is 5.75 Å². The van der Waals surface area contributed by atoms with Gasteiger partial charge in [0.1, 0.15) is 5.75 Å². The first-order valence-corrected chi connectivity index (χ1v) is 7.31. The highest BCUT2D eigenvalue weighted by Crippen LogP contribution is 2.25. The second-order valence-electron chi connectivity index (χ2n) is 4.41. The predicted octanol–water partition coefficient (Wildman–Crippen LogP) is 2.67. The topological polar surface area (TPSA) is 55.5 Å². The number of aliphatic hydroxyl groups is 1. The Bertz CT molecular complexity index is 353. The van der Waals surface area contributed by atoms with Crippen molar-refractivity contribution in [1.29, 1.82) is 0 Å². The Balaban J connectivity index is 2.33. The molecule has 0 bridgehead atoms. The number of benzene rings is 1. The summed E-state index contributed by atoms with van der Waals surface area (Å²) in [6.07, 6.45) is 2.44. The molecule has 0 aromatic heterocycles. The smallest absolute Gasteiger partial charge is 0.119 e. The summed E-state index contributed by atoms with van der Waals surface area (Å²) < 4.78 is 5.18. The molecule has 0 aliphatic rings. The first kappa shape index (κ1) is 15.3. The van der Waals surface area contributed by atoms with Gasteiger partial charge in [-0.05, 0) is 43.2 Å². The van der Waals surface area contributed by atoms with Crippen LogP contribution in [0.4, 0.5) is 0 Å². The standard InChI is InChI=1S/C14H23NO2S/c1-3-14(16,11-15)8-5-9-18-13-7-4-6-12(10-13)17-2/h4,6-7,10,16H,3,5,8-9,11,15H2,1-2H3. The minimum absolute atomic E-state index is 0.341. The Morgan fingerprint density at radius 1 is 1.44 bits per heavy atom. The summed E-state index contributed by atoms with van der Waals surface area (Å²) in [5.41, 5.74) is 4.89. The van der Waals surface area contributed by atoms with Gasteiger partial charge in [-0.1, -0.05) is 13.0 Å². The largest absolute Gasteiger partial charge is 0.497 e. The molecule has 0 saturated carbocycles. The van der Waals surface area contributed by atoms with Crippen molar-refractivity contribution in [2.75, 3.05) is 19.4 Å². The SMILES string of the molecule is CCC(O)(CN)CCCSc1cccc(OC)c1. The van der Waals surface area contributed by atoms with Gasteiger partial charge in [0, 0.05) is 11.4 Å². The lowest BCUT2D eigenvalue weighted by atomic mass is 9.95. The van der Waals surface area contributed by atoms with Crippen LogP contribution in [0.3, 0.4) is 0 Å². The van der Waals surface area contributed by atoms with Crippen molar-refractivity contribution in [2.24, 2.45) is 5.73 Å². The summed E-state index contributed by atoms with van der Waals surface area (Å²) in [5.74, 6) is 1.86. The highest BCUT2D eigenvalue weighted by Gasteiger charge is 2.21. The number of hydrogen-bond donors (Lipinski definition) is 2. The number of hydrogen-bond acceptors (Lipinski definition) is 4. The van der Waals surface area contributed by atoms with Crippen molar-refractivity contribution in [3.63, 3.8) is 0 Å². The summed E-state index contributed by atoms with van der Waals surface area (Å²) in [7, 11) is 1.67. The van der Waals surface area contributed by atoms with E-state index >= 15 is 0 Å². The second kappa shape index (κ2) is 7.67. The Labute approximate surface area is 114 Å². The Hall–Kier alpha value is -0.710. The Morgan fingerprint density at radius 2 is 2.22 bits per heavy atom. The Kier molecular flexibility index (Phi) is 6.54. The summed E-state index contributed by atoms with van der Waals surface area (Å²) >= 11 is 1.78. The van der Waals surface area contributed by atoms with E-state index in [4.69, 9.17) is 10.5 Å². The van der Waals surface area contributed by atoms with Gasteiger partial charge in [-0.2, -0.15) is 0 Å². The van der Waals surface area contributed by atoms with Crippen LogP contribution in [0.5, 0.6) is 5.75 Å². The molecule has 0 saturated heterocycles. The molecule has 0 heterocycles. The second-order valence-corrected chi connectivity index (χ2v) is 5.58. The molecule has 1 aromatic rings. The zero-order valence-electron chi connectivity index (χ0n) is 11.2. The number of thioether (sulfide) groups is 1. The van der Waals surface area contributed by atoms with Crippen LogP contribution in [0.2, 0.25) is 0 Å². The van der Waals surface area contributed by atoms with E-state index in [1.54, 1.807) is 18.9 Å². The fourth-order valence-corrected chi connectivity index (χ4v) is 2.60. The van der Waals surface area contributed by atoms with Gasteiger partial charge in [-0.15, -0.1) is 11.8 Å². The third kappa shape index (κ3) is 4.88. The monoisotopic (exact) mass is 269 g/mol. The van der Waals surface area contributed by atoms with Crippen LogP contribution < -0.4 is 10.5 Å². The van der Waals surface area contributed by atoms with Crippen LogP contribution in [-0.2, 0) is 0 Å². The van der Waals surface area contributed by atoms with E-state index in [1.165, 1.54) is 4.90 Å². The van der Waals surface area contributed by atoms with Gasteiger partial charge in [-0.3, -0.25) is 0 Å². The van der Waals surface area contributed by atoms with Crippen molar-refractivity contribution in [3.05, 3.63) is 24.3 Å². The zero-order valence-corrected chi connectivity index (χ0v) is 12.0. The van der Waals surface area contributed by atoms with E-state index in [2.05, 4.69) is 6.07 Å². The van der Waals surface area contributed by atoms with Crippen LogP contribution in [0.1, 0.15) is 26.2 Å².